The van der Waals surface area contributed by atoms with Crippen LogP contribution < -0.4 is 9.54 Å². The van der Waals surface area contributed by atoms with Gasteiger partial charge in [0.15, 0.2) is 4.80 Å². The van der Waals surface area contributed by atoms with Crippen molar-refractivity contribution in [2.24, 2.45) is 4.99 Å². The van der Waals surface area contributed by atoms with Crippen LogP contribution in [-0.4, -0.2) is 34.5 Å². The van der Waals surface area contributed by atoms with Crippen LogP contribution >= 0.6 is 23.1 Å². The fraction of sp³-hybridized carbons (Fsp3) is 0.222. The van der Waals surface area contributed by atoms with Crippen molar-refractivity contribution in [1.82, 2.24) is 4.57 Å². The summed E-state index contributed by atoms with van der Waals surface area (Å²) in [4.78, 5) is 28.1. The summed E-state index contributed by atoms with van der Waals surface area (Å²) in [5.41, 5.74) is 1.22. The normalized spacial score (nSPS) is 11.7. The summed E-state index contributed by atoms with van der Waals surface area (Å²) >= 11 is 2.94. The third kappa shape index (κ3) is 4.04. The van der Waals surface area contributed by atoms with E-state index in [1.165, 1.54) is 30.6 Å². The molecule has 27 heavy (non-hydrogen) atoms. The fourth-order valence-corrected chi connectivity index (χ4v) is 4.08. The molecule has 3 aromatic rings. The molecule has 0 bridgehead atoms. The van der Waals surface area contributed by atoms with Crippen LogP contribution in [-0.2, 0) is 6.54 Å². The molecule has 9 heteroatoms. The maximum atomic E-state index is 12.7. The van der Waals surface area contributed by atoms with Crippen molar-refractivity contribution in [3.05, 3.63) is 62.9 Å². The number of amides is 1. The Morgan fingerprint density at radius 3 is 2.81 bits per heavy atom. The number of hydrogen-bond acceptors (Lipinski definition) is 6. The lowest BCUT2D eigenvalue weighted by molar-refractivity contribution is -0.384. The molecule has 1 heterocycles. The molecule has 0 aliphatic rings. The number of fused-ring (bicyclic) bond motifs is 1. The highest BCUT2D eigenvalue weighted by atomic mass is 32.2. The predicted octanol–water partition coefficient (Wildman–Crippen LogP) is 3.72. The first kappa shape index (κ1) is 19.1. The number of thioether (sulfide) groups is 1. The SMILES string of the molecule is COc1ccccc1C(=O)N=c1sc2cc([N+](=O)[O-])ccc2n1CCSC. The first-order valence-electron chi connectivity index (χ1n) is 8.04. The van der Waals surface area contributed by atoms with E-state index in [9.17, 15) is 14.9 Å². The van der Waals surface area contributed by atoms with Crippen molar-refractivity contribution in [2.45, 2.75) is 6.54 Å². The van der Waals surface area contributed by atoms with Crippen molar-refractivity contribution in [1.29, 1.82) is 0 Å². The van der Waals surface area contributed by atoms with Crippen LogP contribution in [0, 0.1) is 10.1 Å². The van der Waals surface area contributed by atoms with Crippen molar-refractivity contribution in [3.8, 4) is 5.75 Å². The molecule has 0 saturated carbocycles. The number of rotatable bonds is 6. The number of benzene rings is 2. The van der Waals surface area contributed by atoms with Gasteiger partial charge >= 0.3 is 0 Å². The van der Waals surface area contributed by atoms with Crippen molar-refractivity contribution >= 4 is 44.9 Å². The molecule has 1 amide bonds. The molecule has 0 atom stereocenters. The lowest BCUT2D eigenvalue weighted by atomic mass is 10.2. The van der Waals surface area contributed by atoms with E-state index in [0.717, 1.165) is 16.0 Å². The summed E-state index contributed by atoms with van der Waals surface area (Å²) in [6.07, 6.45) is 2.00. The van der Waals surface area contributed by atoms with Gasteiger partial charge in [0.05, 0.1) is 27.8 Å². The van der Waals surface area contributed by atoms with Gasteiger partial charge in [-0.2, -0.15) is 16.8 Å². The number of ether oxygens (including phenoxy) is 1. The number of aryl methyl sites for hydroxylation is 1. The molecule has 0 radical (unpaired) electrons. The van der Waals surface area contributed by atoms with Gasteiger partial charge in [0.2, 0.25) is 0 Å². The number of carbonyl (C=O) groups is 1. The Morgan fingerprint density at radius 2 is 2.11 bits per heavy atom. The molecule has 0 saturated heterocycles. The number of carbonyl (C=O) groups excluding carboxylic acids is 1. The molecule has 7 nitrogen and oxygen atoms in total. The Hall–Kier alpha value is -2.65. The summed E-state index contributed by atoms with van der Waals surface area (Å²) in [7, 11) is 1.50. The average molecular weight is 403 g/mol. The highest BCUT2D eigenvalue weighted by Crippen LogP contribution is 2.24. The third-order valence-corrected chi connectivity index (χ3v) is 5.56. The molecule has 0 fully saturated rings. The average Bonchev–Trinajstić information content (AvgIpc) is 3.02. The zero-order chi connectivity index (χ0) is 19.4. The van der Waals surface area contributed by atoms with Crippen LogP contribution in [0.2, 0.25) is 0 Å². The van der Waals surface area contributed by atoms with Gasteiger partial charge in [-0.25, -0.2) is 0 Å². The van der Waals surface area contributed by atoms with Crippen molar-refractivity contribution in [3.63, 3.8) is 0 Å². The van der Waals surface area contributed by atoms with Gasteiger partial charge in [-0.1, -0.05) is 23.5 Å². The smallest absolute Gasteiger partial charge is 0.283 e. The second-order valence-corrected chi connectivity index (χ2v) is 7.55. The molecule has 0 aliphatic carbocycles. The van der Waals surface area contributed by atoms with Crippen LogP contribution in [0.15, 0.2) is 47.5 Å². The first-order chi connectivity index (χ1) is 13.0. The maximum absolute atomic E-state index is 12.7. The maximum Gasteiger partial charge on any atom is 0.283 e. The monoisotopic (exact) mass is 403 g/mol. The highest BCUT2D eigenvalue weighted by Gasteiger charge is 2.14. The summed E-state index contributed by atoms with van der Waals surface area (Å²) in [6, 6.07) is 11.6. The van der Waals surface area contributed by atoms with Gasteiger partial charge in [-0.05, 0) is 24.5 Å². The number of thiazole rings is 1. The number of nitro groups is 1. The number of methoxy groups -OCH3 is 1. The molecule has 140 valence electrons. The molecule has 0 spiro atoms. The van der Waals surface area contributed by atoms with Crippen LogP contribution in [0.1, 0.15) is 10.4 Å². The van der Waals surface area contributed by atoms with Crippen LogP contribution in [0.5, 0.6) is 5.75 Å². The summed E-state index contributed by atoms with van der Waals surface area (Å²) in [5, 5.41) is 11.1. The van der Waals surface area contributed by atoms with Gasteiger partial charge in [0.25, 0.3) is 11.6 Å². The Morgan fingerprint density at radius 1 is 1.33 bits per heavy atom. The van der Waals surface area contributed by atoms with E-state index in [1.807, 2.05) is 10.8 Å². The minimum absolute atomic E-state index is 0.0170. The summed E-state index contributed by atoms with van der Waals surface area (Å²) < 4.78 is 7.88. The quantitative estimate of drug-likeness (QED) is 0.462. The van der Waals surface area contributed by atoms with Crippen LogP contribution in [0.3, 0.4) is 0 Å². The van der Waals surface area contributed by atoms with E-state index < -0.39 is 10.8 Å². The first-order valence-corrected chi connectivity index (χ1v) is 10.2. The summed E-state index contributed by atoms with van der Waals surface area (Å²) in [6.45, 7) is 0.650. The molecule has 0 aliphatic heterocycles. The van der Waals surface area contributed by atoms with Crippen LogP contribution in [0.4, 0.5) is 5.69 Å². The number of para-hydroxylation sites is 1. The molecule has 1 aromatic heterocycles. The van der Waals surface area contributed by atoms with E-state index in [-0.39, 0.29) is 5.69 Å². The van der Waals surface area contributed by atoms with E-state index in [1.54, 1.807) is 42.1 Å². The van der Waals surface area contributed by atoms with Crippen molar-refractivity contribution in [2.75, 3.05) is 19.1 Å². The minimum Gasteiger partial charge on any atom is -0.496 e. The lowest BCUT2D eigenvalue weighted by Gasteiger charge is -2.05. The van der Waals surface area contributed by atoms with Gasteiger partial charge in [0.1, 0.15) is 5.75 Å². The van der Waals surface area contributed by atoms with Gasteiger partial charge in [0, 0.05) is 24.4 Å². The Balaban J connectivity index is 2.14. The zero-order valence-corrected chi connectivity index (χ0v) is 16.4. The number of nitrogens with zero attached hydrogens (tertiary/aromatic N) is 3. The second-order valence-electron chi connectivity index (χ2n) is 5.56. The standard InChI is InChI=1S/C18H17N3O4S2/c1-25-15-6-4-3-5-13(15)17(22)19-18-20(9-10-26-2)14-8-7-12(21(23)24)11-16(14)27-18/h3-8,11H,9-10H2,1-2H3. The molecule has 0 N–H and O–H groups in total. The van der Waals surface area contributed by atoms with Crippen LogP contribution in [0.25, 0.3) is 10.2 Å². The fourth-order valence-electron chi connectivity index (χ4n) is 2.63. The Labute approximate surface area is 163 Å². The van der Waals surface area contributed by atoms with E-state index in [0.29, 0.717) is 22.7 Å². The second kappa shape index (κ2) is 8.36. The Bertz CT molecular complexity index is 1070. The molecule has 2 aromatic carbocycles. The number of aromatic nitrogens is 1. The molecule has 3 rings (SSSR count). The van der Waals surface area contributed by atoms with E-state index in [4.69, 9.17) is 4.74 Å². The number of hydrogen-bond donors (Lipinski definition) is 0. The number of non-ortho nitro benzene ring substituents is 1. The molecular formula is C18H17N3O4S2. The topological polar surface area (TPSA) is 86.7 Å². The Kier molecular flexibility index (Phi) is 5.92. The lowest BCUT2D eigenvalue weighted by Crippen LogP contribution is -2.18. The summed E-state index contributed by atoms with van der Waals surface area (Å²) in [5.74, 6) is 0.879. The predicted molar refractivity (Wildman–Crippen MR) is 108 cm³/mol. The van der Waals surface area contributed by atoms with Gasteiger partial charge < -0.3 is 9.30 Å². The van der Waals surface area contributed by atoms with Gasteiger partial charge in [-0.3, -0.25) is 14.9 Å². The highest BCUT2D eigenvalue weighted by molar-refractivity contribution is 7.98. The van der Waals surface area contributed by atoms with E-state index >= 15 is 0 Å². The minimum atomic E-state index is -0.428. The number of nitro benzene ring substituents is 1. The zero-order valence-electron chi connectivity index (χ0n) is 14.7. The molecule has 0 unspecified atom stereocenters. The molecular weight excluding hydrogens is 386 g/mol. The van der Waals surface area contributed by atoms with E-state index in [2.05, 4.69) is 4.99 Å². The van der Waals surface area contributed by atoms with Gasteiger partial charge in [-0.15, -0.1) is 0 Å². The third-order valence-electron chi connectivity index (χ3n) is 3.93. The largest absolute Gasteiger partial charge is 0.496 e. The van der Waals surface area contributed by atoms with Crippen molar-refractivity contribution < 1.29 is 14.5 Å².